The van der Waals surface area contributed by atoms with Gasteiger partial charge in [0, 0.05) is 13.1 Å². The Kier molecular flexibility index (Phi) is 4.98. The van der Waals surface area contributed by atoms with Crippen LogP contribution in [0.5, 0.6) is 5.75 Å². The van der Waals surface area contributed by atoms with Gasteiger partial charge in [-0.15, -0.1) is 0 Å². The Morgan fingerprint density at radius 3 is 2.65 bits per heavy atom. The SMILES string of the molecule is COc1ccccc1NC(=O)CN1C[C@@H](C)O[C@H](C)C1. The number of benzene rings is 1. The third-order valence-corrected chi connectivity index (χ3v) is 3.24. The van der Waals surface area contributed by atoms with Gasteiger partial charge in [-0.05, 0) is 26.0 Å². The average molecular weight is 278 g/mol. The first-order valence-electron chi connectivity index (χ1n) is 6.89. The first-order valence-corrected chi connectivity index (χ1v) is 6.89. The molecule has 1 aromatic carbocycles. The molecule has 1 saturated heterocycles. The molecule has 20 heavy (non-hydrogen) atoms. The molecule has 5 nitrogen and oxygen atoms in total. The fraction of sp³-hybridized carbons (Fsp3) is 0.533. The Morgan fingerprint density at radius 1 is 1.35 bits per heavy atom. The van der Waals surface area contributed by atoms with E-state index in [-0.39, 0.29) is 18.1 Å². The number of morpholine rings is 1. The normalized spacial score (nSPS) is 23.4. The molecule has 5 heteroatoms. The van der Waals surface area contributed by atoms with Crippen LogP contribution in [0.1, 0.15) is 13.8 Å². The number of amides is 1. The van der Waals surface area contributed by atoms with E-state index in [4.69, 9.17) is 9.47 Å². The molecule has 1 heterocycles. The van der Waals surface area contributed by atoms with E-state index in [1.165, 1.54) is 0 Å². The van der Waals surface area contributed by atoms with Gasteiger partial charge in [0.25, 0.3) is 0 Å². The molecule has 1 aliphatic rings. The van der Waals surface area contributed by atoms with Crippen LogP contribution < -0.4 is 10.1 Å². The van der Waals surface area contributed by atoms with Crippen molar-refractivity contribution in [2.75, 3.05) is 32.1 Å². The highest BCUT2D eigenvalue weighted by Crippen LogP contribution is 2.23. The van der Waals surface area contributed by atoms with Crippen molar-refractivity contribution in [1.29, 1.82) is 0 Å². The Bertz CT molecular complexity index is 454. The van der Waals surface area contributed by atoms with Crippen LogP contribution in [0.3, 0.4) is 0 Å². The number of carbonyl (C=O) groups excluding carboxylic acids is 1. The maximum absolute atomic E-state index is 12.1. The van der Waals surface area contributed by atoms with Crippen LogP contribution in [0.25, 0.3) is 0 Å². The van der Waals surface area contributed by atoms with Crippen LogP contribution in [0.4, 0.5) is 5.69 Å². The lowest BCUT2D eigenvalue weighted by atomic mass is 10.2. The second kappa shape index (κ2) is 6.72. The van der Waals surface area contributed by atoms with Gasteiger partial charge in [-0.25, -0.2) is 0 Å². The Hall–Kier alpha value is -1.59. The summed E-state index contributed by atoms with van der Waals surface area (Å²) in [7, 11) is 1.59. The van der Waals surface area contributed by atoms with Crippen molar-refractivity contribution in [3.63, 3.8) is 0 Å². The first kappa shape index (κ1) is 14.8. The van der Waals surface area contributed by atoms with E-state index in [0.29, 0.717) is 18.0 Å². The van der Waals surface area contributed by atoms with E-state index in [1.54, 1.807) is 7.11 Å². The lowest BCUT2D eigenvalue weighted by molar-refractivity contribution is -0.121. The largest absolute Gasteiger partial charge is 0.495 e. The summed E-state index contributed by atoms with van der Waals surface area (Å²) >= 11 is 0. The number of para-hydroxylation sites is 2. The number of ether oxygens (including phenoxy) is 2. The standard InChI is InChI=1S/C15H22N2O3/c1-11-8-17(9-12(2)20-11)10-15(18)16-13-6-4-5-7-14(13)19-3/h4-7,11-12H,8-10H2,1-3H3,(H,16,18)/t11-,12-/m1/s1. The lowest BCUT2D eigenvalue weighted by Crippen LogP contribution is -2.48. The van der Waals surface area contributed by atoms with Crippen molar-refractivity contribution in [2.45, 2.75) is 26.1 Å². The van der Waals surface area contributed by atoms with Crippen LogP contribution in [0.2, 0.25) is 0 Å². The first-order chi connectivity index (χ1) is 9.58. The summed E-state index contributed by atoms with van der Waals surface area (Å²) in [6, 6.07) is 7.41. The van der Waals surface area contributed by atoms with Gasteiger partial charge in [0.1, 0.15) is 5.75 Å². The minimum Gasteiger partial charge on any atom is -0.495 e. The smallest absolute Gasteiger partial charge is 0.238 e. The van der Waals surface area contributed by atoms with Gasteiger partial charge < -0.3 is 14.8 Å². The maximum atomic E-state index is 12.1. The average Bonchev–Trinajstić information content (AvgIpc) is 2.37. The number of nitrogens with one attached hydrogen (secondary N) is 1. The van der Waals surface area contributed by atoms with Crippen molar-refractivity contribution in [2.24, 2.45) is 0 Å². The van der Waals surface area contributed by atoms with Gasteiger partial charge in [0.15, 0.2) is 0 Å². The minimum absolute atomic E-state index is 0.0317. The van der Waals surface area contributed by atoms with Crippen LogP contribution in [0.15, 0.2) is 24.3 Å². The van der Waals surface area contributed by atoms with Gasteiger partial charge in [-0.1, -0.05) is 12.1 Å². The zero-order valence-corrected chi connectivity index (χ0v) is 12.3. The summed E-state index contributed by atoms with van der Waals surface area (Å²) in [4.78, 5) is 14.2. The number of rotatable bonds is 4. The fourth-order valence-corrected chi connectivity index (χ4v) is 2.55. The summed E-state index contributed by atoms with van der Waals surface area (Å²) in [5.74, 6) is 0.639. The van der Waals surface area contributed by atoms with Gasteiger partial charge >= 0.3 is 0 Å². The molecule has 0 saturated carbocycles. The summed E-state index contributed by atoms with van der Waals surface area (Å²) in [6.07, 6.45) is 0.329. The molecule has 1 N–H and O–H groups in total. The van der Waals surface area contributed by atoms with Crippen LogP contribution in [-0.2, 0) is 9.53 Å². The highest BCUT2D eigenvalue weighted by atomic mass is 16.5. The highest BCUT2D eigenvalue weighted by Gasteiger charge is 2.23. The van der Waals surface area contributed by atoms with E-state index < -0.39 is 0 Å². The molecule has 0 spiro atoms. The lowest BCUT2D eigenvalue weighted by Gasteiger charge is -2.34. The molecule has 110 valence electrons. The number of hydrogen-bond acceptors (Lipinski definition) is 4. The number of methoxy groups -OCH3 is 1. The number of hydrogen-bond donors (Lipinski definition) is 1. The van der Waals surface area contributed by atoms with Gasteiger partial charge in [0.2, 0.25) is 5.91 Å². The summed E-state index contributed by atoms with van der Waals surface area (Å²) in [5.41, 5.74) is 0.703. The van der Waals surface area contributed by atoms with Crippen molar-refractivity contribution in [1.82, 2.24) is 4.90 Å². The summed E-state index contributed by atoms with van der Waals surface area (Å²) < 4.78 is 10.9. The van der Waals surface area contributed by atoms with E-state index in [2.05, 4.69) is 10.2 Å². The van der Waals surface area contributed by atoms with Gasteiger partial charge in [-0.2, -0.15) is 0 Å². The van der Waals surface area contributed by atoms with Crippen molar-refractivity contribution in [3.8, 4) is 5.75 Å². The third kappa shape index (κ3) is 3.95. The molecule has 0 unspecified atom stereocenters. The van der Waals surface area contributed by atoms with Crippen LogP contribution >= 0.6 is 0 Å². The summed E-state index contributed by atoms with van der Waals surface area (Å²) in [5, 5.41) is 2.89. The molecule has 2 rings (SSSR count). The molecule has 2 atom stereocenters. The summed E-state index contributed by atoms with van der Waals surface area (Å²) in [6.45, 7) is 5.99. The molecular weight excluding hydrogens is 256 g/mol. The number of carbonyl (C=O) groups is 1. The molecule has 0 bridgehead atoms. The second-order valence-corrected chi connectivity index (χ2v) is 5.20. The highest BCUT2D eigenvalue weighted by molar-refractivity contribution is 5.93. The van der Waals surface area contributed by atoms with E-state index in [0.717, 1.165) is 13.1 Å². The molecule has 1 aromatic rings. The van der Waals surface area contributed by atoms with Crippen LogP contribution in [0, 0.1) is 0 Å². The molecule has 0 aromatic heterocycles. The van der Waals surface area contributed by atoms with Crippen molar-refractivity contribution in [3.05, 3.63) is 24.3 Å². The number of nitrogens with zero attached hydrogens (tertiary/aromatic N) is 1. The van der Waals surface area contributed by atoms with E-state index in [9.17, 15) is 4.79 Å². The van der Waals surface area contributed by atoms with Crippen molar-refractivity contribution >= 4 is 11.6 Å². The zero-order valence-electron chi connectivity index (χ0n) is 12.3. The van der Waals surface area contributed by atoms with Crippen LogP contribution in [-0.4, -0.2) is 49.8 Å². The molecule has 1 fully saturated rings. The molecule has 0 aliphatic carbocycles. The minimum atomic E-state index is -0.0317. The predicted molar refractivity (Wildman–Crippen MR) is 78.1 cm³/mol. The van der Waals surface area contributed by atoms with Gasteiger partial charge in [0.05, 0.1) is 31.5 Å². The van der Waals surface area contributed by atoms with E-state index in [1.807, 2.05) is 38.1 Å². The topological polar surface area (TPSA) is 50.8 Å². The quantitative estimate of drug-likeness (QED) is 0.911. The second-order valence-electron chi connectivity index (χ2n) is 5.20. The fourth-order valence-electron chi connectivity index (χ4n) is 2.55. The Labute approximate surface area is 119 Å². The van der Waals surface area contributed by atoms with Gasteiger partial charge in [-0.3, -0.25) is 9.69 Å². The third-order valence-electron chi connectivity index (χ3n) is 3.24. The number of anilines is 1. The maximum Gasteiger partial charge on any atom is 0.238 e. The monoisotopic (exact) mass is 278 g/mol. The predicted octanol–water partition coefficient (Wildman–Crippen LogP) is 1.74. The van der Waals surface area contributed by atoms with Crippen molar-refractivity contribution < 1.29 is 14.3 Å². The Morgan fingerprint density at radius 2 is 2.00 bits per heavy atom. The molecule has 1 aliphatic heterocycles. The Balaban J connectivity index is 1.92. The molecule has 1 amide bonds. The zero-order chi connectivity index (χ0) is 14.5. The molecule has 0 radical (unpaired) electrons. The van der Waals surface area contributed by atoms with E-state index >= 15 is 0 Å². The molecular formula is C15H22N2O3.